The zero-order chi connectivity index (χ0) is 19.6. The average molecular weight is 376 g/mol. The fraction of sp³-hybridized carbons (Fsp3) is 0.500. The standard InChI is InChI=1S/C18H18O7.C2H6/c1-18(2)24-15-13-12(23-17(15)25-18)14(16(20)22-13)21-11(19)9-8-10-6-4-3-5-7-10;1-2/h3-9,12-15,17H,1-2H3;1-2H3/b9-8+;. The van der Waals surface area contributed by atoms with E-state index in [0.29, 0.717) is 0 Å². The minimum atomic E-state index is -1.13. The molecule has 3 aliphatic heterocycles. The highest BCUT2D eigenvalue weighted by molar-refractivity contribution is 5.90. The summed E-state index contributed by atoms with van der Waals surface area (Å²) < 4.78 is 27.6. The first-order valence-electron chi connectivity index (χ1n) is 9.08. The average Bonchev–Trinajstić information content (AvgIpc) is 3.23. The van der Waals surface area contributed by atoms with E-state index in [1.807, 2.05) is 44.2 Å². The van der Waals surface area contributed by atoms with Gasteiger partial charge in [0, 0.05) is 6.08 Å². The number of carbonyl (C=O) groups is 2. The molecule has 7 heteroatoms. The van der Waals surface area contributed by atoms with Crippen LogP contribution < -0.4 is 0 Å². The van der Waals surface area contributed by atoms with Gasteiger partial charge in [0.15, 0.2) is 24.3 Å². The molecule has 1 aromatic rings. The minimum absolute atomic E-state index is 0.521. The van der Waals surface area contributed by atoms with Crippen LogP contribution in [0.3, 0.4) is 0 Å². The third kappa shape index (κ3) is 4.05. The van der Waals surface area contributed by atoms with Crippen LogP contribution in [0, 0.1) is 0 Å². The van der Waals surface area contributed by atoms with Crippen molar-refractivity contribution in [3.8, 4) is 0 Å². The number of esters is 2. The largest absolute Gasteiger partial charge is 0.454 e. The van der Waals surface area contributed by atoms with Crippen molar-refractivity contribution >= 4 is 18.0 Å². The molecular formula is C20H24O7. The molecule has 1 aromatic carbocycles. The van der Waals surface area contributed by atoms with Gasteiger partial charge in [0.25, 0.3) is 0 Å². The molecule has 5 unspecified atom stereocenters. The molecule has 0 amide bonds. The summed E-state index contributed by atoms with van der Waals surface area (Å²) in [6, 6.07) is 9.29. The molecule has 3 heterocycles. The van der Waals surface area contributed by atoms with Crippen LogP contribution >= 0.6 is 0 Å². The van der Waals surface area contributed by atoms with Gasteiger partial charge in [0.1, 0.15) is 6.10 Å². The molecule has 7 nitrogen and oxygen atoms in total. The maximum absolute atomic E-state index is 12.0. The van der Waals surface area contributed by atoms with Crippen LogP contribution in [0.25, 0.3) is 6.08 Å². The van der Waals surface area contributed by atoms with Crippen LogP contribution in [0.5, 0.6) is 0 Å². The molecule has 3 fully saturated rings. The number of benzene rings is 1. The molecule has 4 rings (SSSR count). The van der Waals surface area contributed by atoms with E-state index in [1.165, 1.54) is 6.08 Å². The number of ether oxygens (including phenoxy) is 5. The van der Waals surface area contributed by atoms with Gasteiger partial charge in [-0.2, -0.15) is 0 Å². The van der Waals surface area contributed by atoms with Crippen molar-refractivity contribution in [3.05, 3.63) is 42.0 Å². The molecule has 0 aromatic heterocycles. The fourth-order valence-corrected chi connectivity index (χ4v) is 3.23. The number of hydrogen-bond donors (Lipinski definition) is 0. The third-order valence-corrected chi connectivity index (χ3v) is 4.26. The summed E-state index contributed by atoms with van der Waals surface area (Å²) in [5, 5.41) is 0. The highest BCUT2D eigenvalue weighted by Gasteiger charge is 2.64. The summed E-state index contributed by atoms with van der Waals surface area (Å²) in [5.74, 6) is -2.09. The maximum Gasteiger partial charge on any atom is 0.350 e. The van der Waals surface area contributed by atoms with E-state index in [1.54, 1.807) is 19.9 Å². The molecule has 5 atom stereocenters. The van der Waals surface area contributed by atoms with Gasteiger partial charge in [-0.3, -0.25) is 0 Å². The molecule has 146 valence electrons. The molecule has 3 saturated heterocycles. The summed E-state index contributed by atoms with van der Waals surface area (Å²) in [6.45, 7) is 7.51. The van der Waals surface area contributed by atoms with E-state index in [4.69, 9.17) is 23.7 Å². The summed E-state index contributed by atoms with van der Waals surface area (Å²) in [6.07, 6.45) is -0.783. The van der Waals surface area contributed by atoms with Gasteiger partial charge in [0.05, 0.1) is 0 Å². The Morgan fingerprint density at radius 1 is 1.07 bits per heavy atom. The van der Waals surface area contributed by atoms with E-state index in [9.17, 15) is 9.59 Å². The van der Waals surface area contributed by atoms with Gasteiger partial charge in [-0.1, -0.05) is 44.2 Å². The summed E-state index contributed by atoms with van der Waals surface area (Å²) in [5.41, 5.74) is 0.849. The van der Waals surface area contributed by atoms with E-state index in [-0.39, 0.29) is 0 Å². The van der Waals surface area contributed by atoms with Crippen molar-refractivity contribution in [1.82, 2.24) is 0 Å². The lowest BCUT2D eigenvalue weighted by molar-refractivity contribution is -0.216. The predicted molar refractivity (Wildman–Crippen MR) is 95.3 cm³/mol. The van der Waals surface area contributed by atoms with Gasteiger partial charge < -0.3 is 23.7 Å². The fourth-order valence-electron chi connectivity index (χ4n) is 3.23. The summed E-state index contributed by atoms with van der Waals surface area (Å²) >= 11 is 0. The third-order valence-electron chi connectivity index (χ3n) is 4.26. The molecule has 0 N–H and O–H groups in total. The predicted octanol–water partition coefficient (Wildman–Crippen LogP) is 2.44. The Balaban J connectivity index is 0.00000102. The SMILES string of the molecule is CC.CC1(C)OC2OC3C(OC(=O)/C=C/c4ccccc4)C(=O)OC3C2O1. The topological polar surface area (TPSA) is 80.3 Å². The van der Waals surface area contributed by atoms with Crippen LogP contribution in [0.1, 0.15) is 33.3 Å². The Hall–Kier alpha value is -2.22. The van der Waals surface area contributed by atoms with Crippen molar-refractivity contribution in [3.63, 3.8) is 0 Å². The Bertz CT molecular complexity index is 712. The van der Waals surface area contributed by atoms with Gasteiger partial charge >= 0.3 is 11.9 Å². The lowest BCUT2D eigenvalue weighted by Gasteiger charge is -2.21. The second kappa shape index (κ2) is 7.80. The Morgan fingerprint density at radius 3 is 2.48 bits per heavy atom. The quantitative estimate of drug-likeness (QED) is 0.592. The van der Waals surface area contributed by atoms with E-state index in [2.05, 4.69) is 0 Å². The number of carbonyl (C=O) groups excluding carboxylic acids is 2. The smallest absolute Gasteiger partial charge is 0.350 e. The van der Waals surface area contributed by atoms with Gasteiger partial charge in [-0.05, 0) is 25.5 Å². The molecular weight excluding hydrogens is 352 g/mol. The van der Waals surface area contributed by atoms with E-state index >= 15 is 0 Å². The van der Waals surface area contributed by atoms with Crippen molar-refractivity contribution < 1.29 is 33.3 Å². The molecule has 3 aliphatic rings. The molecule has 0 aliphatic carbocycles. The van der Waals surface area contributed by atoms with Crippen molar-refractivity contribution in [1.29, 1.82) is 0 Å². The first-order valence-corrected chi connectivity index (χ1v) is 9.08. The number of rotatable bonds is 3. The zero-order valence-electron chi connectivity index (χ0n) is 15.8. The van der Waals surface area contributed by atoms with Crippen LogP contribution in [-0.4, -0.2) is 48.4 Å². The Labute approximate surface area is 158 Å². The number of fused-ring (bicyclic) bond motifs is 3. The molecule has 0 radical (unpaired) electrons. The van der Waals surface area contributed by atoms with Crippen molar-refractivity contribution in [2.45, 2.75) is 64.2 Å². The summed E-state index contributed by atoms with van der Waals surface area (Å²) in [7, 11) is 0. The molecule has 0 saturated carbocycles. The van der Waals surface area contributed by atoms with Gasteiger partial charge in [0.2, 0.25) is 6.10 Å². The monoisotopic (exact) mass is 376 g/mol. The van der Waals surface area contributed by atoms with Crippen molar-refractivity contribution in [2.75, 3.05) is 0 Å². The van der Waals surface area contributed by atoms with E-state index in [0.717, 1.165) is 5.56 Å². The van der Waals surface area contributed by atoms with Crippen LogP contribution in [0.4, 0.5) is 0 Å². The second-order valence-corrected chi connectivity index (χ2v) is 6.57. The van der Waals surface area contributed by atoms with Crippen LogP contribution in [0.15, 0.2) is 36.4 Å². The van der Waals surface area contributed by atoms with Crippen LogP contribution in [-0.2, 0) is 33.3 Å². The first-order chi connectivity index (χ1) is 12.9. The van der Waals surface area contributed by atoms with Crippen molar-refractivity contribution in [2.24, 2.45) is 0 Å². The highest BCUT2D eigenvalue weighted by Crippen LogP contribution is 2.42. The first kappa shape index (κ1) is 19.5. The van der Waals surface area contributed by atoms with Crippen LogP contribution in [0.2, 0.25) is 0 Å². The number of hydrogen-bond acceptors (Lipinski definition) is 7. The normalized spacial score (nSPS) is 33.0. The Morgan fingerprint density at radius 2 is 1.78 bits per heavy atom. The molecule has 0 spiro atoms. The van der Waals surface area contributed by atoms with Gasteiger partial charge in [-0.25, -0.2) is 9.59 Å². The maximum atomic E-state index is 12.0. The van der Waals surface area contributed by atoms with Gasteiger partial charge in [-0.15, -0.1) is 0 Å². The highest BCUT2D eigenvalue weighted by atomic mass is 16.8. The minimum Gasteiger partial charge on any atom is -0.454 e. The lowest BCUT2D eigenvalue weighted by Crippen LogP contribution is -2.37. The molecule has 27 heavy (non-hydrogen) atoms. The Kier molecular flexibility index (Phi) is 5.64. The zero-order valence-corrected chi connectivity index (χ0v) is 15.8. The van der Waals surface area contributed by atoms with E-state index < -0.39 is 48.4 Å². The lowest BCUT2D eigenvalue weighted by atomic mass is 10.1. The summed E-state index contributed by atoms with van der Waals surface area (Å²) in [4.78, 5) is 24.1. The molecule has 0 bridgehead atoms. The second-order valence-electron chi connectivity index (χ2n) is 6.57.